The van der Waals surface area contributed by atoms with Gasteiger partial charge in [-0.3, -0.25) is 4.90 Å². The lowest BCUT2D eigenvalue weighted by Gasteiger charge is -2.33. The van der Waals surface area contributed by atoms with Crippen LogP contribution in [0.3, 0.4) is 0 Å². The Morgan fingerprint density at radius 1 is 1.07 bits per heavy atom. The number of likely N-dealkylation sites (tertiary alicyclic amines) is 1. The lowest BCUT2D eigenvalue weighted by molar-refractivity contribution is 0.117. The second-order valence-corrected chi connectivity index (χ2v) is 12.8. The van der Waals surface area contributed by atoms with Crippen LogP contribution in [0.25, 0.3) is 11.5 Å². The number of ether oxygens (including phenoxy) is 1. The van der Waals surface area contributed by atoms with E-state index < -0.39 is 5.41 Å². The molecule has 3 atom stereocenters. The molecule has 0 bridgehead atoms. The number of fused-ring (bicyclic) bond motifs is 4. The van der Waals surface area contributed by atoms with Crippen molar-refractivity contribution >= 4 is 11.5 Å². The second kappa shape index (κ2) is 10.9. The Labute approximate surface area is 248 Å². The molecule has 1 spiro atoms. The SMILES string of the molecule is CC(Oc1cc(N2CCCCCC2)nc(-c2noc3c2CCCC32CCc3ccc(N)c(C#N)c32)n1)C1CCCN1C. The average Bonchev–Trinajstić information content (AvgIpc) is 3.65. The van der Waals surface area contributed by atoms with Gasteiger partial charge in [-0.15, -0.1) is 0 Å². The zero-order valence-electron chi connectivity index (χ0n) is 24.9. The van der Waals surface area contributed by atoms with E-state index in [0.717, 1.165) is 93.7 Å². The van der Waals surface area contributed by atoms with Crippen LogP contribution in [0.15, 0.2) is 22.7 Å². The van der Waals surface area contributed by atoms with Gasteiger partial charge >= 0.3 is 0 Å². The number of benzene rings is 1. The summed E-state index contributed by atoms with van der Waals surface area (Å²) in [4.78, 5) is 14.8. The molecule has 0 saturated carbocycles. The summed E-state index contributed by atoms with van der Waals surface area (Å²) in [5.41, 5.74) is 11.0. The Kier molecular flexibility index (Phi) is 7.05. The highest BCUT2D eigenvalue weighted by Gasteiger charge is 2.49. The van der Waals surface area contributed by atoms with Gasteiger partial charge in [0, 0.05) is 36.4 Å². The molecule has 2 aliphatic carbocycles. The Morgan fingerprint density at radius 2 is 1.90 bits per heavy atom. The van der Waals surface area contributed by atoms with Gasteiger partial charge < -0.3 is 19.9 Å². The van der Waals surface area contributed by atoms with E-state index in [1.165, 1.54) is 24.8 Å². The number of nitrogens with zero attached hydrogens (tertiary/aromatic N) is 6. The van der Waals surface area contributed by atoms with Crippen LogP contribution in [0.1, 0.15) is 92.7 Å². The van der Waals surface area contributed by atoms with Crippen LogP contribution in [-0.2, 0) is 18.3 Å². The molecule has 2 N–H and O–H groups in total. The maximum absolute atomic E-state index is 10.1. The summed E-state index contributed by atoms with van der Waals surface area (Å²) in [6, 6.07) is 8.72. The molecule has 42 heavy (non-hydrogen) atoms. The van der Waals surface area contributed by atoms with E-state index in [1.54, 1.807) is 0 Å². The summed E-state index contributed by atoms with van der Waals surface area (Å²) >= 11 is 0. The van der Waals surface area contributed by atoms with Crippen molar-refractivity contribution in [2.75, 3.05) is 37.3 Å². The minimum Gasteiger partial charge on any atom is -0.473 e. The third kappa shape index (κ3) is 4.51. The zero-order valence-corrected chi connectivity index (χ0v) is 24.9. The lowest BCUT2D eigenvalue weighted by Crippen LogP contribution is -2.38. The van der Waals surface area contributed by atoms with Crippen molar-refractivity contribution in [2.45, 2.75) is 95.1 Å². The first-order valence-corrected chi connectivity index (χ1v) is 15.8. The van der Waals surface area contributed by atoms with Gasteiger partial charge in [0.1, 0.15) is 18.0 Å². The second-order valence-electron chi connectivity index (χ2n) is 12.8. The number of nitrogen functional groups attached to an aromatic ring is 1. The van der Waals surface area contributed by atoms with Crippen molar-refractivity contribution in [3.05, 3.63) is 46.2 Å². The number of anilines is 2. The van der Waals surface area contributed by atoms with Crippen molar-refractivity contribution in [3.63, 3.8) is 0 Å². The summed E-state index contributed by atoms with van der Waals surface area (Å²) < 4.78 is 12.8. The third-order valence-electron chi connectivity index (χ3n) is 10.2. The monoisotopic (exact) mass is 567 g/mol. The lowest BCUT2D eigenvalue weighted by atomic mass is 9.68. The number of rotatable bonds is 5. The fraction of sp³-hybridized carbons (Fsp3) is 0.576. The van der Waals surface area contributed by atoms with Crippen molar-refractivity contribution in [2.24, 2.45) is 0 Å². The Balaban J connectivity index is 1.31. The maximum atomic E-state index is 10.1. The van der Waals surface area contributed by atoms with Crippen LogP contribution < -0.4 is 15.4 Å². The van der Waals surface area contributed by atoms with Crippen molar-refractivity contribution < 1.29 is 9.26 Å². The molecule has 3 aromatic rings. The van der Waals surface area contributed by atoms with E-state index in [9.17, 15) is 5.26 Å². The summed E-state index contributed by atoms with van der Waals surface area (Å²) in [5, 5.41) is 14.7. The quantitative estimate of drug-likeness (QED) is 0.405. The summed E-state index contributed by atoms with van der Waals surface area (Å²) in [7, 11) is 2.18. The fourth-order valence-corrected chi connectivity index (χ4v) is 8.10. The van der Waals surface area contributed by atoms with Gasteiger partial charge in [-0.25, -0.2) is 4.98 Å². The highest BCUT2D eigenvalue weighted by atomic mass is 16.5. The summed E-state index contributed by atoms with van der Waals surface area (Å²) in [5.74, 6) is 2.92. The predicted octanol–water partition coefficient (Wildman–Crippen LogP) is 5.40. The molecule has 9 nitrogen and oxygen atoms in total. The van der Waals surface area contributed by atoms with E-state index in [1.807, 2.05) is 12.1 Å². The van der Waals surface area contributed by atoms with E-state index >= 15 is 0 Å². The van der Waals surface area contributed by atoms with Crippen LogP contribution in [0, 0.1) is 11.3 Å². The van der Waals surface area contributed by atoms with Crippen molar-refractivity contribution in [1.82, 2.24) is 20.0 Å². The Hall–Kier alpha value is -3.64. The van der Waals surface area contributed by atoms with Crippen molar-refractivity contribution in [3.8, 4) is 23.5 Å². The normalized spacial score (nSPS) is 24.7. The molecule has 9 heteroatoms. The average molecular weight is 568 g/mol. The molecule has 4 aliphatic rings. The van der Waals surface area contributed by atoms with Gasteiger partial charge in [0.2, 0.25) is 5.88 Å². The first kappa shape index (κ1) is 27.2. The standard InChI is InChI=1S/C33H41N7O2/c1-21(26-10-8-16-39(26)2)41-28-19-27(40-17-5-3-4-6-18-40)36-32(37-28)30-23-9-7-14-33(31(23)42-38-30)15-13-22-11-12-25(35)24(20-34)29(22)33/h11-12,19,21,26H,3-10,13-18,35H2,1-2H3. The number of likely N-dealkylation sites (N-methyl/N-ethyl adjacent to an activating group) is 1. The van der Waals surface area contributed by atoms with Crippen LogP contribution in [0.2, 0.25) is 0 Å². The van der Waals surface area contributed by atoms with Crippen LogP contribution >= 0.6 is 0 Å². The molecule has 220 valence electrons. The number of hydrogen-bond donors (Lipinski definition) is 1. The molecular weight excluding hydrogens is 526 g/mol. The maximum Gasteiger partial charge on any atom is 0.219 e. The minimum atomic E-state index is -0.391. The number of hydrogen-bond acceptors (Lipinski definition) is 9. The first-order valence-electron chi connectivity index (χ1n) is 15.8. The van der Waals surface area contributed by atoms with Gasteiger partial charge in [0.15, 0.2) is 17.3 Å². The molecule has 2 saturated heterocycles. The molecule has 7 rings (SSSR count). The zero-order chi connectivity index (χ0) is 28.8. The van der Waals surface area contributed by atoms with Gasteiger partial charge in [-0.2, -0.15) is 10.2 Å². The fourth-order valence-electron chi connectivity index (χ4n) is 8.10. The smallest absolute Gasteiger partial charge is 0.219 e. The van der Waals surface area contributed by atoms with E-state index in [-0.39, 0.29) is 6.10 Å². The summed E-state index contributed by atoms with van der Waals surface area (Å²) in [6.07, 6.45) is 11.6. The topological polar surface area (TPSA) is 117 Å². The number of nitrogens with two attached hydrogens (primary N) is 1. The third-order valence-corrected chi connectivity index (χ3v) is 10.2. The van der Waals surface area contributed by atoms with Crippen molar-refractivity contribution in [1.29, 1.82) is 5.26 Å². The predicted molar refractivity (Wildman–Crippen MR) is 162 cm³/mol. The Bertz CT molecular complexity index is 1520. The molecule has 4 heterocycles. The minimum absolute atomic E-state index is 0.0107. The molecule has 2 aliphatic heterocycles. The molecular formula is C33H41N7O2. The van der Waals surface area contributed by atoms with E-state index in [0.29, 0.717) is 34.7 Å². The number of aromatic nitrogens is 3. The molecule has 2 fully saturated rings. The van der Waals surface area contributed by atoms with Crippen LogP contribution in [-0.4, -0.2) is 58.9 Å². The van der Waals surface area contributed by atoms with Gasteiger partial charge in [-0.1, -0.05) is 24.1 Å². The van der Waals surface area contributed by atoms with Gasteiger partial charge in [-0.05, 0) is 95.5 Å². The molecule has 1 aromatic carbocycles. The largest absolute Gasteiger partial charge is 0.473 e. The van der Waals surface area contributed by atoms with Gasteiger partial charge in [0.25, 0.3) is 0 Å². The highest BCUT2D eigenvalue weighted by Crippen LogP contribution is 2.54. The molecule has 0 amide bonds. The van der Waals surface area contributed by atoms with E-state index in [2.05, 4.69) is 41.1 Å². The Morgan fingerprint density at radius 3 is 2.67 bits per heavy atom. The number of aryl methyl sites for hydroxylation is 1. The molecule has 2 aromatic heterocycles. The van der Waals surface area contributed by atoms with Crippen LogP contribution in [0.4, 0.5) is 11.5 Å². The van der Waals surface area contributed by atoms with Crippen LogP contribution in [0.5, 0.6) is 5.88 Å². The number of nitriles is 1. The molecule has 3 unspecified atom stereocenters. The van der Waals surface area contributed by atoms with E-state index in [4.69, 9.17) is 25.0 Å². The highest BCUT2D eigenvalue weighted by molar-refractivity contribution is 5.68. The first-order chi connectivity index (χ1) is 20.5. The van der Waals surface area contributed by atoms with Gasteiger partial charge in [0.05, 0.1) is 11.0 Å². The summed E-state index contributed by atoms with van der Waals surface area (Å²) in [6.45, 7) is 5.21. The molecule has 0 radical (unpaired) electrons.